The average molecular weight is 183 g/mol. The van der Waals surface area contributed by atoms with Gasteiger partial charge in [-0.05, 0) is 11.3 Å². The number of nitrogens with zero attached hydrogens (tertiary/aromatic N) is 1. The lowest BCUT2D eigenvalue weighted by Crippen LogP contribution is -2.19. The molecular formula is C8H9ClNSi. The SMILES string of the molecule is CN(C)c1c([Si])cccc1Cl. The van der Waals surface area contributed by atoms with Crippen LogP contribution in [0.5, 0.6) is 0 Å². The molecule has 0 fully saturated rings. The van der Waals surface area contributed by atoms with Gasteiger partial charge in [-0.15, -0.1) is 0 Å². The van der Waals surface area contributed by atoms with Crippen LogP contribution in [-0.2, 0) is 0 Å². The Morgan fingerprint density at radius 1 is 1.36 bits per heavy atom. The first-order valence-corrected chi connectivity index (χ1v) is 4.18. The summed E-state index contributed by atoms with van der Waals surface area (Å²) in [5.41, 5.74) is 1.02. The van der Waals surface area contributed by atoms with Crippen molar-refractivity contribution in [2.75, 3.05) is 19.0 Å². The summed E-state index contributed by atoms with van der Waals surface area (Å²) in [6, 6.07) is 5.76. The van der Waals surface area contributed by atoms with Gasteiger partial charge in [0.1, 0.15) is 0 Å². The summed E-state index contributed by atoms with van der Waals surface area (Å²) in [4.78, 5) is 1.98. The first-order valence-electron chi connectivity index (χ1n) is 3.30. The molecule has 0 amide bonds. The molecule has 0 N–H and O–H groups in total. The van der Waals surface area contributed by atoms with Crippen LogP contribution in [0.25, 0.3) is 0 Å². The van der Waals surface area contributed by atoms with E-state index in [1.54, 1.807) is 0 Å². The first kappa shape index (κ1) is 8.62. The Hall–Kier alpha value is -0.473. The molecule has 0 aliphatic heterocycles. The molecule has 0 spiro atoms. The fourth-order valence-corrected chi connectivity index (χ4v) is 1.85. The molecule has 0 saturated carbocycles. The maximum absolute atomic E-state index is 5.95. The van der Waals surface area contributed by atoms with Gasteiger partial charge in [-0.2, -0.15) is 0 Å². The molecule has 1 aromatic rings. The lowest BCUT2D eigenvalue weighted by molar-refractivity contribution is 1.14. The second-order valence-corrected chi connectivity index (χ2v) is 3.48. The van der Waals surface area contributed by atoms with E-state index >= 15 is 0 Å². The molecule has 0 saturated heterocycles. The summed E-state index contributed by atoms with van der Waals surface area (Å²) in [5, 5.41) is 1.78. The zero-order valence-electron chi connectivity index (χ0n) is 6.56. The van der Waals surface area contributed by atoms with E-state index in [1.165, 1.54) is 0 Å². The third kappa shape index (κ3) is 1.76. The number of hydrogen-bond donors (Lipinski definition) is 0. The van der Waals surface area contributed by atoms with Crippen LogP contribution in [0.4, 0.5) is 5.69 Å². The van der Waals surface area contributed by atoms with Crippen molar-refractivity contribution in [1.82, 2.24) is 0 Å². The summed E-state index contributed by atoms with van der Waals surface area (Å²) in [7, 11) is 7.40. The van der Waals surface area contributed by atoms with Crippen LogP contribution < -0.4 is 10.1 Å². The van der Waals surface area contributed by atoms with Crippen molar-refractivity contribution in [3.63, 3.8) is 0 Å². The van der Waals surface area contributed by atoms with Gasteiger partial charge in [0.25, 0.3) is 0 Å². The third-order valence-corrected chi connectivity index (χ3v) is 2.14. The largest absolute Gasteiger partial charge is 0.377 e. The minimum atomic E-state index is 0.766. The van der Waals surface area contributed by atoms with E-state index in [9.17, 15) is 0 Å². The topological polar surface area (TPSA) is 3.24 Å². The molecule has 57 valence electrons. The Kier molecular flexibility index (Phi) is 2.57. The molecule has 1 nitrogen and oxygen atoms in total. The van der Waals surface area contributed by atoms with Gasteiger partial charge in [-0.1, -0.05) is 23.7 Å². The number of rotatable bonds is 1. The van der Waals surface area contributed by atoms with Crippen molar-refractivity contribution in [3.05, 3.63) is 23.2 Å². The van der Waals surface area contributed by atoms with Gasteiger partial charge in [-0.25, -0.2) is 0 Å². The van der Waals surface area contributed by atoms with Crippen LogP contribution in [0.3, 0.4) is 0 Å². The van der Waals surface area contributed by atoms with E-state index in [0.717, 1.165) is 15.9 Å². The van der Waals surface area contributed by atoms with Gasteiger partial charge in [0.15, 0.2) is 0 Å². The van der Waals surface area contributed by atoms with Gasteiger partial charge >= 0.3 is 0 Å². The molecule has 0 atom stereocenters. The Balaban J connectivity index is 3.21. The molecule has 0 unspecified atom stereocenters. The number of anilines is 1. The predicted octanol–water partition coefficient (Wildman–Crippen LogP) is 1.20. The summed E-state index contributed by atoms with van der Waals surface area (Å²) in [5.74, 6) is 0. The highest BCUT2D eigenvalue weighted by molar-refractivity contribution is 6.41. The van der Waals surface area contributed by atoms with Gasteiger partial charge in [0.2, 0.25) is 0 Å². The summed E-state index contributed by atoms with van der Waals surface area (Å²) in [6.07, 6.45) is 0. The van der Waals surface area contributed by atoms with Crippen LogP contribution >= 0.6 is 11.6 Å². The lowest BCUT2D eigenvalue weighted by Gasteiger charge is -2.16. The third-order valence-electron chi connectivity index (χ3n) is 1.43. The van der Waals surface area contributed by atoms with E-state index in [2.05, 4.69) is 10.2 Å². The minimum Gasteiger partial charge on any atom is -0.377 e. The van der Waals surface area contributed by atoms with E-state index in [4.69, 9.17) is 11.6 Å². The second kappa shape index (κ2) is 3.28. The molecule has 0 aromatic heterocycles. The van der Waals surface area contributed by atoms with Crippen molar-refractivity contribution >= 4 is 32.7 Å². The predicted molar refractivity (Wildman–Crippen MR) is 51.2 cm³/mol. The fourth-order valence-electron chi connectivity index (χ4n) is 0.970. The van der Waals surface area contributed by atoms with Gasteiger partial charge in [0.05, 0.1) is 21.0 Å². The van der Waals surface area contributed by atoms with Crippen molar-refractivity contribution in [3.8, 4) is 0 Å². The molecule has 0 heterocycles. The average Bonchev–Trinajstić information content (AvgIpc) is 1.85. The van der Waals surface area contributed by atoms with Gasteiger partial charge in [0, 0.05) is 14.1 Å². The molecular weight excluding hydrogens is 174 g/mol. The number of halogens is 1. The number of benzene rings is 1. The Bertz CT molecular complexity index is 240. The zero-order valence-corrected chi connectivity index (χ0v) is 8.31. The molecule has 3 radical (unpaired) electrons. The smallest absolute Gasteiger partial charge is 0.0742 e. The maximum Gasteiger partial charge on any atom is 0.0742 e. The second-order valence-electron chi connectivity index (χ2n) is 2.53. The van der Waals surface area contributed by atoms with Crippen LogP contribution in [0.2, 0.25) is 5.02 Å². The molecule has 1 aromatic carbocycles. The molecule has 11 heavy (non-hydrogen) atoms. The molecule has 3 heteroatoms. The highest BCUT2D eigenvalue weighted by atomic mass is 35.5. The Morgan fingerprint density at radius 3 is 2.36 bits per heavy atom. The van der Waals surface area contributed by atoms with E-state index in [-0.39, 0.29) is 0 Å². The van der Waals surface area contributed by atoms with Gasteiger partial charge < -0.3 is 4.90 Å². The Morgan fingerprint density at radius 2 is 2.00 bits per heavy atom. The molecule has 0 aliphatic carbocycles. The van der Waals surface area contributed by atoms with Crippen molar-refractivity contribution in [1.29, 1.82) is 0 Å². The quantitative estimate of drug-likeness (QED) is 0.591. The summed E-state index contributed by atoms with van der Waals surface area (Å²) in [6.45, 7) is 0. The van der Waals surface area contributed by atoms with Crippen molar-refractivity contribution in [2.45, 2.75) is 0 Å². The van der Waals surface area contributed by atoms with Gasteiger partial charge in [-0.3, -0.25) is 0 Å². The normalized spacial score (nSPS) is 9.82. The first-order chi connectivity index (χ1) is 5.13. The highest BCUT2D eigenvalue weighted by Gasteiger charge is 2.03. The number of hydrogen-bond acceptors (Lipinski definition) is 1. The van der Waals surface area contributed by atoms with E-state index in [0.29, 0.717) is 0 Å². The summed E-state index contributed by atoms with van der Waals surface area (Å²) < 4.78 is 0. The van der Waals surface area contributed by atoms with Crippen LogP contribution in [0.15, 0.2) is 18.2 Å². The van der Waals surface area contributed by atoms with Crippen molar-refractivity contribution < 1.29 is 0 Å². The number of para-hydroxylation sites is 1. The lowest BCUT2D eigenvalue weighted by atomic mass is 10.3. The van der Waals surface area contributed by atoms with Crippen LogP contribution in [0, 0.1) is 0 Å². The fraction of sp³-hybridized carbons (Fsp3) is 0.250. The molecule has 0 bridgehead atoms. The summed E-state index contributed by atoms with van der Waals surface area (Å²) >= 11 is 5.95. The van der Waals surface area contributed by atoms with Crippen LogP contribution in [-0.4, -0.2) is 24.3 Å². The maximum atomic E-state index is 5.95. The Labute approximate surface area is 75.4 Å². The molecule has 1 rings (SSSR count). The van der Waals surface area contributed by atoms with Crippen molar-refractivity contribution in [2.24, 2.45) is 0 Å². The highest BCUT2D eigenvalue weighted by Crippen LogP contribution is 2.20. The van der Waals surface area contributed by atoms with E-state index < -0.39 is 0 Å². The standard InChI is InChI=1S/C8H9ClNSi/c1-10(2)8-6(9)4-3-5-7(8)11/h3-5H,1-2H3. The van der Waals surface area contributed by atoms with Crippen LogP contribution in [0.1, 0.15) is 0 Å². The van der Waals surface area contributed by atoms with E-state index in [1.807, 2.05) is 37.2 Å². The molecule has 0 aliphatic rings. The zero-order chi connectivity index (χ0) is 8.43. The minimum absolute atomic E-state index is 0.766. The monoisotopic (exact) mass is 182 g/mol.